The summed E-state index contributed by atoms with van der Waals surface area (Å²) in [6.07, 6.45) is -1.56. The minimum atomic E-state index is -2.16. The molecule has 4 aliphatic rings. The van der Waals surface area contributed by atoms with Crippen molar-refractivity contribution in [1.29, 1.82) is 0 Å². The van der Waals surface area contributed by atoms with Crippen LogP contribution in [0, 0.1) is 0 Å². The Morgan fingerprint density at radius 1 is 1.06 bits per heavy atom. The number of nitrogens with zero attached hydrogens (tertiary/aromatic N) is 2. The molecule has 6 atom stereocenters. The maximum absolute atomic E-state index is 14.0. The molecule has 0 saturated carbocycles. The highest BCUT2D eigenvalue weighted by molar-refractivity contribution is 6.31. The van der Waals surface area contributed by atoms with Crippen LogP contribution in [-0.2, 0) is 30.3 Å². The van der Waals surface area contributed by atoms with Gasteiger partial charge in [-0.25, -0.2) is 5.43 Å². The zero-order chi connectivity index (χ0) is 39.1. The van der Waals surface area contributed by atoms with E-state index >= 15 is 0 Å². The standard InChI is InChI=1S/C37H42N4O13/c1-17-32(46)20(38)13-27(53-17)54-22-15-37(51,23(16-42)39-40-24(43)9-4-3-5-12-41-25(44)10-11-26(41)45)14-19-29(22)36(50)31-30(34(19)48)33(47)18-7-6-8-21(52-2)28(18)35(31)49/h6-8,10-11,17,20,22,27,32,42,46,48,50-51H,3-5,9,12-16,38H2,1-2H3,(H,40,43)/b39-23+/t17-,20-,22-,27+,32+,37+/m0/s1. The van der Waals surface area contributed by atoms with E-state index in [1.807, 2.05) is 0 Å². The van der Waals surface area contributed by atoms with Crippen LogP contribution in [0.5, 0.6) is 17.2 Å². The van der Waals surface area contributed by atoms with E-state index in [0.29, 0.717) is 19.3 Å². The minimum Gasteiger partial charge on any atom is -0.507 e. The van der Waals surface area contributed by atoms with Gasteiger partial charge in [-0.2, -0.15) is 5.10 Å². The fraction of sp³-hybridized carbons (Fsp3) is 0.459. The van der Waals surface area contributed by atoms with Crippen molar-refractivity contribution >= 4 is 35.0 Å². The zero-order valence-electron chi connectivity index (χ0n) is 29.6. The Balaban J connectivity index is 1.29. The van der Waals surface area contributed by atoms with Crippen LogP contribution in [0.4, 0.5) is 0 Å². The summed E-state index contributed by atoms with van der Waals surface area (Å²) >= 11 is 0. The second kappa shape index (κ2) is 15.4. The molecule has 17 heteroatoms. The van der Waals surface area contributed by atoms with Gasteiger partial charge < -0.3 is 45.5 Å². The SMILES string of the molecule is COc1cccc2c1C(=O)c1c(O)c3c(c(O)c1C2=O)C[C@](O)(/C(CO)=N/NC(=O)CCCCCN1C(=O)C=CC1=O)C[C@@H]3O[C@@H]1C[C@H](N)[C@H](O)[C@H](C)O1. The lowest BCUT2D eigenvalue weighted by Crippen LogP contribution is -2.53. The van der Waals surface area contributed by atoms with E-state index in [2.05, 4.69) is 10.5 Å². The van der Waals surface area contributed by atoms with Crippen molar-refractivity contribution in [2.24, 2.45) is 10.8 Å². The molecule has 2 heterocycles. The molecular weight excluding hydrogens is 708 g/mol. The Morgan fingerprint density at radius 2 is 1.76 bits per heavy atom. The quantitative estimate of drug-likeness (QED) is 0.0434. The molecule has 54 heavy (non-hydrogen) atoms. The number of phenolic OH excluding ortho intramolecular Hbond substituents is 2. The number of nitrogens with one attached hydrogen (secondary N) is 1. The first kappa shape index (κ1) is 38.7. The number of rotatable bonds is 12. The number of hydrazone groups is 1. The molecule has 288 valence electrons. The van der Waals surface area contributed by atoms with Crippen LogP contribution < -0.4 is 15.9 Å². The molecule has 6 rings (SSSR count). The van der Waals surface area contributed by atoms with Crippen LogP contribution in [0.15, 0.2) is 35.5 Å². The van der Waals surface area contributed by atoms with Crippen LogP contribution in [0.25, 0.3) is 0 Å². The first-order valence-corrected chi connectivity index (χ1v) is 17.5. The van der Waals surface area contributed by atoms with Crippen LogP contribution in [0.3, 0.4) is 0 Å². The molecule has 2 aromatic carbocycles. The number of aromatic hydroxyl groups is 2. The van der Waals surface area contributed by atoms with Gasteiger partial charge in [0.2, 0.25) is 11.7 Å². The van der Waals surface area contributed by atoms with Gasteiger partial charge in [0.1, 0.15) is 22.8 Å². The summed E-state index contributed by atoms with van der Waals surface area (Å²) in [6, 6.07) is 3.57. The topological polar surface area (TPSA) is 268 Å². The van der Waals surface area contributed by atoms with E-state index in [4.69, 9.17) is 19.9 Å². The average Bonchev–Trinajstić information content (AvgIpc) is 3.46. The first-order valence-electron chi connectivity index (χ1n) is 17.5. The number of unbranched alkanes of at least 4 members (excludes halogenated alkanes) is 2. The number of benzene rings is 2. The second-order valence-electron chi connectivity index (χ2n) is 13.8. The molecule has 1 fully saturated rings. The van der Waals surface area contributed by atoms with Gasteiger partial charge in [-0.1, -0.05) is 18.6 Å². The number of ketones is 2. The Labute approximate surface area is 309 Å². The maximum atomic E-state index is 14.0. The number of methoxy groups -OCH3 is 1. The third kappa shape index (κ3) is 7.01. The van der Waals surface area contributed by atoms with E-state index in [9.17, 15) is 49.5 Å². The fourth-order valence-electron chi connectivity index (χ4n) is 7.47. The van der Waals surface area contributed by atoms with Gasteiger partial charge in [0, 0.05) is 67.1 Å². The van der Waals surface area contributed by atoms with Gasteiger partial charge in [-0.05, 0) is 25.8 Å². The number of carbonyl (C=O) groups excluding carboxylic acids is 5. The van der Waals surface area contributed by atoms with Gasteiger partial charge in [0.15, 0.2) is 12.1 Å². The van der Waals surface area contributed by atoms with E-state index in [-0.39, 0.29) is 53.1 Å². The Morgan fingerprint density at radius 3 is 2.43 bits per heavy atom. The number of imide groups is 1. The van der Waals surface area contributed by atoms with Crippen LogP contribution >= 0.6 is 0 Å². The molecule has 8 N–H and O–H groups in total. The van der Waals surface area contributed by atoms with Crippen molar-refractivity contribution in [2.75, 3.05) is 20.3 Å². The lowest BCUT2D eigenvalue weighted by atomic mass is 9.71. The highest BCUT2D eigenvalue weighted by Gasteiger charge is 2.49. The van der Waals surface area contributed by atoms with Crippen molar-refractivity contribution < 1.29 is 63.7 Å². The van der Waals surface area contributed by atoms with Crippen molar-refractivity contribution in [3.8, 4) is 17.2 Å². The number of amides is 3. The summed E-state index contributed by atoms with van der Waals surface area (Å²) in [7, 11) is 1.32. The number of hydrogen-bond acceptors (Lipinski definition) is 15. The summed E-state index contributed by atoms with van der Waals surface area (Å²) in [4.78, 5) is 65.1. The molecule has 2 aliphatic carbocycles. The molecule has 3 amide bonds. The zero-order valence-corrected chi connectivity index (χ0v) is 29.6. The molecule has 2 aromatic rings. The van der Waals surface area contributed by atoms with Gasteiger partial charge in [-0.3, -0.25) is 28.9 Å². The van der Waals surface area contributed by atoms with Crippen molar-refractivity contribution in [3.63, 3.8) is 0 Å². The average molecular weight is 751 g/mol. The van der Waals surface area contributed by atoms with E-state index < -0.39 is 108 Å². The number of fused-ring (bicyclic) bond motifs is 3. The molecule has 17 nitrogen and oxygen atoms in total. The third-order valence-electron chi connectivity index (χ3n) is 10.3. The largest absolute Gasteiger partial charge is 0.507 e. The molecule has 1 saturated heterocycles. The predicted molar refractivity (Wildman–Crippen MR) is 187 cm³/mol. The Hall–Kier alpha value is -5.04. The van der Waals surface area contributed by atoms with Crippen molar-refractivity contribution in [2.45, 2.75) is 88.1 Å². The summed E-state index contributed by atoms with van der Waals surface area (Å²) in [5.41, 5.74) is 4.46. The van der Waals surface area contributed by atoms with Crippen molar-refractivity contribution in [1.82, 2.24) is 10.3 Å². The highest BCUT2D eigenvalue weighted by atomic mass is 16.7. The van der Waals surface area contributed by atoms with Gasteiger partial charge >= 0.3 is 0 Å². The monoisotopic (exact) mass is 750 g/mol. The number of hydrogen-bond donors (Lipinski definition) is 7. The van der Waals surface area contributed by atoms with Crippen LogP contribution in [0.1, 0.15) is 94.5 Å². The van der Waals surface area contributed by atoms with Gasteiger partial charge in [-0.15, -0.1) is 0 Å². The number of aliphatic hydroxyl groups is 3. The number of ether oxygens (including phenoxy) is 3. The van der Waals surface area contributed by atoms with E-state index in [1.54, 1.807) is 6.92 Å². The number of phenols is 2. The first-order chi connectivity index (χ1) is 25.7. The van der Waals surface area contributed by atoms with Gasteiger partial charge in [0.25, 0.3) is 11.8 Å². The molecule has 0 bridgehead atoms. The summed E-state index contributed by atoms with van der Waals surface area (Å²) in [5, 5.41) is 60.5. The highest BCUT2D eigenvalue weighted by Crippen LogP contribution is 2.52. The fourth-order valence-corrected chi connectivity index (χ4v) is 7.47. The minimum absolute atomic E-state index is 0.0120. The van der Waals surface area contributed by atoms with Crippen molar-refractivity contribution in [3.05, 3.63) is 63.7 Å². The predicted octanol–water partition coefficient (Wildman–Crippen LogP) is 0.390. The summed E-state index contributed by atoms with van der Waals surface area (Å²) < 4.78 is 17.4. The molecule has 0 spiro atoms. The number of nitrogens with two attached hydrogens (primary N) is 1. The van der Waals surface area contributed by atoms with Crippen LogP contribution in [-0.4, -0.2) is 116 Å². The second-order valence-corrected chi connectivity index (χ2v) is 13.8. The number of carbonyl (C=O) groups is 5. The molecule has 0 aromatic heterocycles. The third-order valence-corrected chi connectivity index (χ3v) is 10.3. The Bertz CT molecular complexity index is 1930. The molecular formula is C37H42N4O13. The van der Waals surface area contributed by atoms with Gasteiger partial charge in [0.05, 0.1) is 54.4 Å². The maximum Gasteiger partial charge on any atom is 0.253 e. The van der Waals surface area contributed by atoms with E-state index in [0.717, 1.165) is 4.90 Å². The smallest absolute Gasteiger partial charge is 0.253 e. The Kier molecular flexibility index (Phi) is 11.0. The summed E-state index contributed by atoms with van der Waals surface area (Å²) in [5.74, 6) is -4.25. The summed E-state index contributed by atoms with van der Waals surface area (Å²) in [6.45, 7) is 0.910. The molecule has 2 aliphatic heterocycles. The normalized spacial score (nSPS) is 26.4. The number of aliphatic hydroxyl groups excluding tert-OH is 2. The van der Waals surface area contributed by atoms with E-state index in [1.165, 1.54) is 37.5 Å². The lowest BCUT2D eigenvalue weighted by molar-refractivity contribution is -0.245. The van der Waals surface area contributed by atoms with Crippen LogP contribution in [0.2, 0.25) is 0 Å². The molecule has 0 unspecified atom stereocenters. The lowest BCUT2D eigenvalue weighted by Gasteiger charge is -2.43. The molecule has 0 radical (unpaired) electrons.